The van der Waals surface area contributed by atoms with E-state index in [0.29, 0.717) is 23.3 Å². The first-order chi connectivity index (χ1) is 14.7. The first-order valence-corrected chi connectivity index (χ1v) is 10.0. The smallest absolute Gasteiger partial charge is 0.345 e. The van der Waals surface area contributed by atoms with Gasteiger partial charge in [0.1, 0.15) is 0 Å². The third kappa shape index (κ3) is 6.38. The number of methoxy groups -OCH3 is 1. The van der Waals surface area contributed by atoms with E-state index in [9.17, 15) is 9.59 Å². The number of nitrogens with zero attached hydrogens (tertiary/aromatic N) is 3. The van der Waals surface area contributed by atoms with Crippen molar-refractivity contribution in [3.05, 3.63) is 53.9 Å². The fourth-order valence-corrected chi connectivity index (χ4v) is 3.17. The van der Waals surface area contributed by atoms with Crippen LogP contribution in [0.3, 0.4) is 0 Å². The third-order valence-electron chi connectivity index (χ3n) is 4.79. The Balaban J connectivity index is 1.52. The van der Waals surface area contributed by atoms with Crippen LogP contribution in [0.2, 0.25) is 0 Å². The van der Waals surface area contributed by atoms with Gasteiger partial charge < -0.3 is 14.4 Å². The number of carbonyl (C=O) groups is 2. The topological polar surface area (TPSA) is 93.1 Å². The highest BCUT2D eigenvalue weighted by atomic mass is 16.6. The molecular weight excluding hydrogens is 384 g/mol. The summed E-state index contributed by atoms with van der Waals surface area (Å²) in [6.07, 6.45) is 8.64. The minimum Gasteiger partial charge on any atom is -0.493 e. The molecule has 0 aliphatic carbocycles. The lowest BCUT2D eigenvalue weighted by Crippen LogP contribution is -2.33. The zero-order valence-corrected chi connectivity index (χ0v) is 17.0. The zero-order chi connectivity index (χ0) is 21.2. The number of piperidine rings is 1. The molecular formula is C22H26N4O4. The number of benzene rings is 1. The molecule has 1 saturated heterocycles. The van der Waals surface area contributed by atoms with Crippen LogP contribution in [0.1, 0.15) is 41.6 Å². The summed E-state index contributed by atoms with van der Waals surface area (Å²) in [4.78, 5) is 30.4. The van der Waals surface area contributed by atoms with Crippen molar-refractivity contribution in [2.45, 2.75) is 25.7 Å². The zero-order valence-electron chi connectivity index (χ0n) is 17.0. The van der Waals surface area contributed by atoms with Crippen molar-refractivity contribution in [1.82, 2.24) is 15.3 Å². The molecule has 3 rings (SSSR count). The van der Waals surface area contributed by atoms with Crippen LogP contribution < -0.4 is 14.9 Å². The molecule has 8 nitrogen and oxygen atoms in total. The van der Waals surface area contributed by atoms with Crippen LogP contribution in [0.4, 0.5) is 0 Å². The summed E-state index contributed by atoms with van der Waals surface area (Å²) in [7, 11) is 1.49. The Morgan fingerprint density at radius 2 is 2.03 bits per heavy atom. The fraction of sp³-hybridized carbons (Fsp3) is 0.364. The van der Waals surface area contributed by atoms with Crippen LogP contribution in [0.25, 0.3) is 0 Å². The van der Waals surface area contributed by atoms with Gasteiger partial charge in [0, 0.05) is 25.4 Å². The van der Waals surface area contributed by atoms with E-state index in [1.807, 2.05) is 0 Å². The second-order valence-electron chi connectivity index (χ2n) is 6.99. The number of hydrogen-bond donors (Lipinski definition) is 1. The van der Waals surface area contributed by atoms with Gasteiger partial charge in [0.25, 0.3) is 0 Å². The molecule has 1 aliphatic rings. The Labute approximate surface area is 175 Å². The summed E-state index contributed by atoms with van der Waals surface area (Å²) in [5.41, 5.74) is 3.59. The van der Waals surface area contributed by atoms with E-state index in [0.717, 1.165) is 19.6 Å². The van der Waals surface area contributed by atoms with Gasteiger partial charge in [0.05, 0.1) is 18.9 Å². The molecule has 1 aromatic heterocycles. The van der Waals surface area contributed by atoms with E-state index in [-0.39, 0.29) is 11.7 Å². The monoisotopic (exact) mass is 410 g/mol. The molecule has 0 spiro atoms. The number of aromatic nitrogens is 1. The van der Waals surface area contributed by atoms with Crippen molar-refractivity contribution in [1.29, 1.82) is 0 Å². The van der Waals surface area contributed by atoms with E-state index in [2.05, 4.69) is 20.4 Å². The van der Waals surface area contributed by atoms with E-state index < -0.39 is 5.97 Å². The minimum absolute atomic E-state index is 0.120. The lowest BCUT2D eigenvalue weighted by atomic mass is 10.1. The maximum atomic E-state index is 12.2. The van der Waals surface area contributed by atoms with Crippen LogP contribution in [0, 0.1) is 0 Å². The first-order valence-electron chi connectivity index (χ1n) is 10.0. The Morgan fingerprint density at radius 1 is 1.20 bits per heavy atom. The standard InChI is InChI=1S/C22H26N4O4/c1-29-20-14-17(7-8-19(20)30-22(28)18-6-5-10-23-16-18)15-24-25-21(27)9-13-26-11-3-2-4-12-26/h5-8,10,14-16H,2-4,9,11-13H2,1H3,(H,25,27)/b24-15+. The van der Waals surface area contributed by atoms with E-state index >= 15 is 0 Å². The molecule has 2 aromatic rings. The molecule has 1 amide bonds. The number of pyridine rings is 1. The van der Waals surface area contributed by atoms with E-state index in [1.165, 1.54) is 38.8 Å². The molecule has 158 valence electrons. The summed E-state index contributed by atoms with van der Waals surface area (Å²) in [6, 6.07) is 8.30. The van der Waals surface area contributed by atoms with Crippen LogP contribution in [0.15, 0.2) is 47.8 Å². The number of rotatable bonds is 8. The van der Waals surface area contributed by atoms with Gasteiger partial charge in [-0.2, -0.15) is 5.10 Å². The first kappa shape index (κ1) is 21.4. The van der Waals surface area contributed by atoms with Gasteiger partial charge in [-0.05, 0) is 61.8 Å². The summed E-state index contributed by atoms with van der Waals surface area (Å²) >= 11 is 0. The Morgan fingerprint density at radius 3 is 2.77 bits per heavy atom. The van der Waals surface area contributed by atoms with Gasteiger partial charge >= 0.3 is 5.97 Å². The Hall–Kier alpha value is -3.26. The molecule has 1 fully saturated rings. The molecule has 30 heavy (non-hydrogen) atoms. The highest BCUT2D eigenvalue weighted by molar-refractivity contribution is 5.91. The van der Waals surface area contributed by atoms with Gasteiger partial charge in [-0.1, -0.05) is 6.42 Å². The number of nitrogens with one attached hydrogen (secondary N) is 1. The molecule has 0 unspecified atom stereocenters. The molecule has 2 heterocycles. The maximum Gasteiger partial charge on any atom is 0.345 e. The summed E-state index contributed by atoms with van der Waals surface area (Å²) in [5.74, 6) is 0.0243. The highest BCUT2D eigenvalue weighted by Gasteiger charge is 2.13. The number of esters is 1. The minimum atomic E-state index is -0.524. The van der Waals surface area contributed by atoms with Crippen molar-refractivity contribution in [2.75, 3.05) is 26.7 Å². The molecule has 8 heteroatoms. The quantitative estimate of drug-likeness (QED) is 0.311. The largest absolute Gasteiger partial charge is 0.493 e. The van der Waals surface area contributed by atoms with Gasteiger partial charge in [0.15, 0.2) is 11.5 Å². The van der Waals surface area contributed by atoms with Crippen molar-refractivity contribution in [3.8, 4) is 11.5 Å². The second kappa shape index (κ2) is 11.1. The molecule has 0 atom stereocenters. The van der Waals surface area contributed by atoms with E-state index in [1.54, 1.807) is 36.5 Å². The van der Waals surface area contributed by atoms with Crippen molar-refractivity contribution in [2.24, 2.45) is 5.10 Å². The van der Waals surface area contributed by atoms with Crippen LogP contribution in [0.5, 0.6) is 11.5 Å². The predicted molar refractivity (Wildman–Crippen MR) is 113 cm³/mol. The normalized spacial score (nSPS) is 14.4. The summed E-state index contributed by atoms with van der Waals surface area (Å²) in [5, 5.41) is 4.00. The van der Waals surface area contributed by atoms with E-state index in [4.69, 9.17) is 9.47 Å². The molecule has 0 radical (unpaired) electrons. The number of amides is 1. The summed E-state index contributed by atoms with van der Waals surface area (Å²) in [6.45, 7) is 2.88. The fourth-order valence-electron chi connectivity index (χ4n) is 3.17. The number of ether oxygens (including phenoxy) is 2. The summed E-state index contributed by atoms with van der Waals surface area (Å²) < 4.78 is 10.7. The molecule has 0 saturated carbocycles. The lowest BCUT2D eigenvalue weighted by molar-refractivity contribution is -0.121. The SMILES string of the molecule is COc1cc(/C=N/NC(=O)CCN2CCCCC2)ccc1OC(=O)c1cccnc1. The van der Waals surface area contributed by atoms with Gasteiger partial charge in [0.2, 0.25) is 5.91 Å². The average Bonchev–Trinajstić information content (AvgIpc) is 2.79. The molecule has 1 aliphatic heterocycles. The van der Waals surface area contributed by atoms with Crippen LogP contribution in [-0.4, -0.2) is 54.7 Å². The molecule has 1 N–H and O–H groups in total. The Kier molecular flexibility index (Phi) is 7.91. The van der Waals surface area contributed by atoms with Gasteiger partial charge in [-0.3, -0.25) is 9.78 Å². The van der Waals surface area contributed by atoms with Crippen LogP contribution >= 0.6 is 0 Å². The van der Waals surface area contributed by atoms with Crippen molar-refractivity contribution in [3.63, 3.8) is 0 Å². The second-order valence-corrected chi connectivity index (χ2v) is 6.99. The third-order valence-corrected chi connectivity index (χ3v) is 4.79. The van der Waals surface area contributed by atoms with Crippen molar-refractivity contribution < 1.29 is 19.1 Å². The number of hydrazone groups is 1. The predicted octanol–water partition coefficient (Wildman–Crippen LogP) is 2.64. The average molecular weight is 410 g/mol. The van der Waals surface area contributed by atoms with Gasteiger partial charge in [-0.25, -0.2) is 10.2 Å². The molecule has 0 bridgehead atoms. The number of hydrogen-bond acceptors (Lipinski definition) is 7. The van der Waals surface area contributed by atoms with Crippen molar-refractivity contribution >= 4 is 18.1 Å². The Bertz CT molecular complexity index is 880. The maximum absolute atomic E-state index is 12.2. The van der Waals surface area contributed by atoms with Crippen LogP contribution in [-0.2, 0) is 4.79 Å². The van der Waals surface area contributed by atoms with Gasteiger partial charge in [-0.15, -0.1) is 0 Å². The molecule has 1 aromatic carbocycles. The highest BCUT2D eigenvalue weighted by Crippen LogP contribution is 2.28. The number of carbonyl (C=O) groups excluding carboxylic acids is 2. The lowest BCUT2D eigenvalue weighted by Gasteiger charge is -2.25. The number of likely N-dealkylation sites (tertiary alicyclic amines) is 1.